The standard InChI is InChI=1S/C32H36F3IN4O4S/c1-43-30-17-25(45(2,41)42)8-9-28(30)37-14-4-5-22-15-26-27(6-3-7-29(26)40(22)20-32(33,34)35)38-31(36)12-10-21(11-13-31)39-18-23-16-24(19-39)44-23/h3,6-9,15,17,21,23-24,37-38H,10-14,16,18-20H2,1-2H3/t21-,23?,24?,31+. The summed E-state index contributed by atoms with van der Waals surface area (Å²) < 4.78 is 77.1. The van der Waals surface area contributed by atoms with Crippen molar-refractivity contribution in [3.8, 4) is 17.6 Å². The number of benzene rings is 2. The van der Waals surface area contributed by atoms with Crippen LogP contribution < -0.4 is 15.4 Å². The number of methoxy groups -OCH3 is 1. The topological polar surface area (TPSA) is 84.8 Å². The lowest BCUT2D eigenvalue weighted by atomic mass is 9.87. The molecule has 3 saturated heterocycles. The first kappa shape index (κ1) is 32.3. The Hall–Kier alpha value is -2.67. The van der Waals surface area contributed by atoms with E-state index in [9.17, 15) is 21.6 Å². The second-order valence-corrected chi connectivity index (χ2v) is 16.2. The van der Waals surface area contributed by atoms with Gasteiger partial charge in [-0.1, -0.05) is 34.6 Å². The zero-order valence-electron chi connectivity index (χ0n) is 25.1. The van der Waals surface area contributed by atoms with Gasteiger partial charge in [-0.15, -0.1) is 0 Å². The first-order chi connectivity index (χ1) is 21.3. The SMILES string of the molecule is COc1cc(S(C)(=O)=O)ccc1NCC#Cc1cc2c(N[C@]3(I)CC[C@H](N4CC5CC(C4)O5)CC3)cccc2n1CC(F)(F)F. The number of ether oxygens (including phenoxy) is 2. The molecule has 0 radical (unpaired) electrons. The van der Waals surface area contributed by atoms with Crippen molar-refractivity contribution < 1.29 is 31.1 Å². The van der Waals surface area contributed by atoms with Crippen molar-refractivity contribution in [3.05, 3.63) is 48.2 Å². The number of alkyl halides is 4. The van der Waals surface area contributed by atoms with Crippen LogP contribution in [0.5, 0.6) is 5.75 Å². The lowest BCUT2D eigenvalue weighted by molar-refractivity contribution is -0.189. The fourth-order valence-corrected chi connectivity index (χ4v) is 8.20. The van der Waals surface area contributed by atoms with E-state index in [2.05, 4.69) is 50.0 Å². The number of hydrogen-bond donors (Lipinski definition) is 2. The number of nitrogens with one attached hydrogen (secondary N) is 2. The summed E-state index contributed by atoms with van der Waals surface area (Å²) in [5, 5.41) is 7.46. The molecule has 4 fully saturated rings. The van der Waals surface area contributed by atoms with Crippen molar-refractivity contribution in [2.75, 3.05) is 43.6 Å². The lowest BCUT2D eigenvalue weighted by Crippen LogP contribution is -2.60. The molecule has 2 N–H and O–H groups in total. The van der Waals surface area contributed by atoms with E-state index in [-0.39, 0.29) is 20.7 Å². The molecule has 45 heavy (non-hydrogen) atoms. The van der Waals surface area contributed by atoms with Gasteiger partial charge in [0.05, 0.1) is 51.2 Å². The third-order valence-electron chi connectivity index (χ3n) is 8.88. The molecule has 4 heterocycles. The first-order valence-electron chi connectivity index (χ1n) is 15.0. The van der Waals surface area contributed by atoms with E-state index in [1.54, 1.807) is 24.3 Å². The number of morpholine rings is 1. The lowest BCUT2D eigenvalue weighted by Gasteiger charge is -2.51. The van der Waals surface area contributed by atoms with Crippen LogP contribution in [0.1, 0.15) is 37.8 Å². The van der Waals surface area contributed by atoms with E-state index in [1.807, 2.05) is 6.07 Å². The zero-order valence-corrected chi connectivity index (χ0v) is 28.1. The highest BCUT2D eigenvalue weighted by Crippen LogP contribution is 2.42. The van der Waals surface area contributed by atoms with E-state index in [0.717, 1.165) is 50.7 Å². The number of aromatic nitrogens is 1. The number of piperidine rings is 1. The number of sulfone groups is 1. The first-order valence-corrected chi connectivity index (χ1v) is 17.9. The van der Waals surface area contributed by atoms with Gasteiger partial charge < -0.3 is 24.7 Å². The van der Waals surface area contributed by atoms with Crippen molar-refractivity contribution in [2.45, 2.75) is 71.5 Å². The van der Waals surface area contributed by atoms with Gasteiger partial charge in [0.15, 0.2) is 9.84 Å². The average Bonchev–Trinajstić information content (AvgIpc) is 3.31. The number of halogens is 4. The Morgan fingerprint density at radius 2 is 1.82 bits per heavy atom. The van der Waals surface area contributed by atoms with Crippen molar-refractivity contribution in [1.82, 2.24) is 9.47 Å². The molecule has 0 spiro atoms. The Kier molecular flexibility index (Phi) is 8.97. The Labute approximate surface area is 275 Å². The van der Waals surface area contributed by atoms with Crippen LogP contribution in [0.15, 0.2) is 47.4 Å². The predicted octanol–water partition coefficient (Wildman–Crippen LogP) is 6.04. The highest BCUT2D eigenvalue weighted by atomic mass is 127. The fraction of sp³-hybridized carbons (Fsp3) is 0.500. The minimum Gasteiger partial charge on any atom is -0.495 e. The number of nitrogens with zero attached hydrogens (tertiary/aromatic N) is 2. The number of fused-ring (bicyclic) bond motifs is 3. The van der Waals surface area contributed by atoms with Gasteiger partial charge in [0, 0.05) is 48.9 Å². The van der Waals surface area contributed by atoms with Crippen molar-refractivity contribution in [2.24, 2.45) is 0 Å². The fourth-order valence-electron chi connectivity index (χ4n) is 6.65. The van der Waals surface area contributed by atoms with Gasteiger partial charge in [-0.05, 0) is 61.9 Å². The van der Waals surface area contributed by atoms with Gasteiger partial charge >= 0.3 is 6.18 Å². The minimum absolute atomic E-state index is 0.107. The van der Waals surface area contributed by atoms with Gasteiger partial charge in [0.1, 0.15) is 12.3 Å². The quantitative estimate of drug-likeness (QED) is 0.126. The summed E-state index contributed by atoms with van der Waals surface area (Å²) in [7, 11) is -1.99. The van der Waals surface area contributed by atoms with Crippen LogP contribution >= 0.6 is 22.6 Å². The highest BCUT2D eigenvalue weighted by molar-refractivity contribution is 14.1. The van der Waals surface area contributed by atoms with E-state index in [4.69, 9.17) is 9.47 Å². The monoisotopic (exact) mass is 756 g/mol. The van der Waals surface area contributed by atoms with Gasteiger partial charge in [0.25, 0.3) is 0 Å². The molecule has 1 saturated carbocycles. The van der Waals surface area contributed by atoms with Crippen LogP contribution in [-0.2, 0) is 21.1 Å². The third-order valence-corrected chi connectivity index (χ3v) is 11.3. The second kappa shape index (κ2) is 12.5. The summed E-state index contributed by atoms with van der Waals surface area (Å²) in [5.41, 5.74) is 2.04. The predicted molar refractivity (Wildman–Crippen MR) is 177 cm³/mol. The highest BCUT2D eigenvalue weighted by Gasteiger charge is 2.43. The summed E-state index contributed by atoms with van der Waals surface area (Å²) >= 11 is 2.48. The third kappa shape index (κ3) is 7.34. The maximum Gasteiger partial charge on any atom is 0.406 e. The van der Waals surface area contributed by atoms with E-state index >= 15 is 0 Å². The summed E-state index contributed by atoms with van der Waals surface area (Å²) in [6.07, 6.45) is 2.67. The molecule has 2 aromatic carbocycles. The molecule has 4 aliphatic rings. The van der Waals surface area contributed by atoms with E-state index in [1.165, 1.54) is 30.2 Å². The van der Waals surface area contributed by atoms with Crippen LogP contribution in [0.4, 0.5) is 24.5 Å². The Bertz CT molecular complexity index is 1730. The number of anilines is 2. The second-order valence-electron chi connectivity index (χ2n) is 12.2. The minimum atomic E-state index is -4.43. The molecular weight excluding hydrogens is 720 g/mol. The molecular formula is C32H36F3IN4O4S. The van der Waals surface area contributed by atoms with Crippen LogP contribution in [0.3, 0.4) is 0 Å². The summed E-state index contributed by atoms with van der Waals surface area (Å²) in [4.78, 5) is 2.70. The van der Waals surface area contributed by atoms with Gasteiger partial charge in [-0.25, -0.2) is 8.42 Å². The Morgan fingerprint density at radius 1 is 1.11 bits per heavy atom. The van der Waals surface area contributed by atoms with Crippen LogP contribution in [0.2, 0.25) is 0 Å². The molecule has 2 unspecified atom stereocenters. The molecule has 1 aliphatic carbocycles. The maximum absolute atomic E-state index is 13.7. The molecule has 8 nitrogen and oxygen atoms in total. The zero-order chi connectivity index (χ0) is 32.0. The molecule has 242 valence electrons. The summed E-state index contributed by atoms with van der Waals surface area (Å²) in [5.74, 6) is 6.18. The molecule has 13 heteroatoms. The van der Waals surface area contributed by atoms with Crippen molar-refractivity contribution >= 4 is 54.7 Å². The normalized spacial score (nSPS) is 25.2. The molecule has 2 bridgehead atoms. The van der Waals surface area contributed by atoms with Crippen molar-refractivity contribution in [1.29, 1.82) is 0 Å². The number of hydrogen-bond acceptors (Lipinski definition) is 7. The van der Waals surface area contributed by atoms with Crippen LogP contribution in [-0.4, -0.2) is 78.9 Å². The van der Waals surface area contributed by atoms with Gasteiger partial charge in [-0.3, -0.25) is 4.90 Å². The van der Waals surface area contributed by atoms with Gasteiger partial charge in [0.2, 0.25) is 0 Å². The van der Waals surface area contributed by atoms with Crippen molar-refractivity contribution in [3.63, 3.8) is 0 Å². The molecule has 0 amide bonds. The maximum atomic E-state index is 13.7. The van der Waals surface area contributed by atoms with Crippen LogP contribution in [0.25, 0.3) is 10.9 Å². The smallest absolute Gasteiger partial charge is 0.406 e. The molecule has 3 aliphatic heterocycles. The molecule has 1 aromatic heterocycles. The Balaban J connectivity index is 1.19. The van der Waals surface area contributed by atoms with Gasteiger partial charge in [-0.2, -0.15) is 13.2 Å². The molecule has 2 atom stereocenters. The largest absolute Gasteiger partial charge is 0.495 e. The van der Waals surface area contributed by atoms with E-state index in [0.29, 0.717) is 40.6 Å². The molecule has 7 rings (SSSR count). The van der Waals surface area contributed by atoms with E-state index < -0.39 is 22.6 Å². The van der Waals surface area contributed by atoms with Crippen LogP contribution in [0, 0.1) is 11.8 Å². The molecule has 3 aromatic rings. The summed E-state index contributed by atoms with van der Waals surface area (Å²) in [6.45, 7) is 0.973. The Morgan fingerprint density at radius 3 is 2.47 bits per heavy atom. The summed E-state index contributed by atoms with van der Waals surface area (Å²) in [6, 6.07) is 12.1. The average molecular weight is 757 g/mol. The number of rotatable bonds is 8.